The maximum absolute atomic E-state index is 13.7. The van der Waals surface area contributed by atoms with Crippen LogP contribution in [0.2, 0.25) is 0 Å². The lowest BCUT2D eigenvalue weighted by Crippen LogP contribution is -2.15. The van der Waals surface area contributed by atoms with E-state index in [0.717, 1.165) is 18.7 Å². The number of nitrogens with one attached hydrogen (secondary N) is 2. The third-order valence-electron chi connectivity index (χ3n) is 2.94. The highest BCUT2D eigenvalue weighted by Crippen LogP contribution is 2.17. The molecule has 0 radical (unpaired) electrons. The predicted molar refractivity (Wildman–Crippen MR) is 85.9 cm³/mol. The largest absolute Gasteiger partial charge is 0.322 e. The molecule has 3 nitrogen and oxygen atoms in total. The third kappa shape index (κ3) is 4.37. The van der Waals surface area contributed by atoms with E-state index in [0.29, 0.717) is 10.2 Å². The van der Waals surface area contributed by atoms with E-state index < -0.39 is 11.7 Å². The number of rotatable bonds is 5. The molecule has 0 fully saturated rings. The van der Waals surface area contributed by atoms with Gasteiger partial charge in [0.25, 0.3) is 5.91 Å². The minimum Gasteiger partial charge on any atom is -0.322 e. The van der Waals surface area contributed by atoms with Crippen LogP contribution in [0, 0.1) is 5.82 Å². The summed E-state index contributed by atoms with van der Waals surface area (Å²) in [5.74, 6) is -1.01. The molecular weight excluding hydrogens is 335 g/mol. The molecule has 0 unspecified atom stereocenters. The summed E-state index contributed by atoms with van der Waals surface area (Å²) in [5.41, 5.74) is 1.74. The highest BCUT2D eigenvalue weighted by molar-refractivity contribution is 9.10. The van der Waals surface area contributed by atoms with Crippen molar-refractivity contribution >= 4 is 27.5 Å². The molecule has 0 spiro atoms. The number of hydrogen-bond acceptors (Lipinski definition) is 2. The Morgan fingerprint density at radius 1 is 1.24 bits per heavy atom. The number of carbonyl (C=O) groups excluding carboxylic acids is 1. The molecule has 0 heterocycles. The van der Waals surface area contributed by atoms with Crippen molar-refractivity contribution in [1.29, 1.82) is 0 Å². The number of carbonyl (C=O) groups is 1. The monoisotopic (exact) mass is 350 g/mol. The molecule has 2 rings (SSSR count). The van der Waals surface area contributed by atoms with E-state index in [9.17, 15) is 9.18 Å². The Morgan fingerprint density at radius 2 is 2.05 bits per heavy atom. The van der Waals surface area contributed by atoms with Crippen LogP contribution in [0.3, 0.4) is 0 Å². The van der Waals surface area contributed by atoms with Crippen molar-refractivity contribution in [1.82, 2.24) is 5.32 Å². The van der Waals surface area contributed by atoms with E-state index in [1.165, 1.54) is 12.1 Å². The van der Waals surface area contributed by atoms with Crippen LogP contribution in [0.1, 0.15) is 22.8 Å². The molecule has 5 heteroatoms. The highest BCUT2D eigenvalue weighted by Gasteiger charge is 2.12. The Labute approximate surface area is 131 Å². The van der Waals surface area contributed by atoms with E-state index >= 15 is 0 Å². The van der Waals surface area contributed by atoms with Crippen LogP contribution in [0.4, 0.5) is 10.1 Å². The molecule has 110 valence electrons. The van der Waals surface area contributed by atoms with Gasteiger partial charge in [-0.2, -0.15) is 0 Å². The van der Waals surface area contributed by atoms with Gasteiger partial charge in [-0.1, -0.05) is 35.0 Å². The highest BCUT2D eigenvalue weighted by atomic mass is 79.9. The molecule has 21 heavy (non-hydrogen) atoms. The predicted octanol–water partition coefficient (Wildman–Crippen LogP) is 3.95. The van der Waals surface area contributed by atoms with Crippen molar-refractivity contribution in [3.8, 4) is 0 Å². The second kappa shape index (κ2) is 7.33. The molecular formula is C16H16BrFN2O. The Bertz CT molecular complexity index is 646. The van der Waals surface area contributed by atoms with Crippen LogP contribution < -0.4 is 10.6 Å². The number of amides is 1. The molecule has 0 atom stereocenters. The van der Waals surface area contributed by atoms with Gasteiger partial charge in [-0.15, -0.1) is 0 Å². The Balaban J connectivity index is 2.12. The van der Waals surface area contributed by atoms with Crippen LogP contribution in [0.15, 0.2) is 46.9 Å². The molecule has 2 aromatic carbocycles. The van der Waals surface area contributed by atoms with Gasteiger partial charge in [0.05, 0.1) is 5.56 Å². The molecule has 0 aliphatic carbocycles. The van der Waals surface area contributed by atoms with Gasteiger partial charge >= 0.3 is 0 Å². The summed E-state index contributed by atoms with van der Waals surface area (Å²) < 4.78 is 14.3. The summed E-state index contributed by atoms with van der Waals surface area (Å²) in [6.07, 6.45) is 0. The van der Waals surface area contributed by atoms with Gasteiger partial charge in [-0.05, 0) is 42.4 Å². The average molecular weight is 351 g/mol. The lowest BCUT2D eigenvalue weighted by Gasteiger charge is -2.08. The topological polar surface area (TPSA) is 41.1 Å². The van der Waals surface area contributed by atoms with E-state index in [1.54, 1.807) is 12.1 Å². The van der Waals surface area contributed by atoms with Gasteiger partial charge in [-0.25, -0.2) is 4.39 Å². The average Bonchev–Trinajstić information content (AvgIpc) is 2.45. The van der Waals surface area contributed by atoms with Crippen molar-refractivity contribution in [2.75, 3.05) is 11.9 Å². The fourth-order valence-electron chi connectivity index (χ4n) is 1.90. The second-order valence-electron chi connectivity index (χ2n) is 4.56. The first-order valence-electron chi connectivity index (χ1n) is 6.66. The first kappa shape index (κ1) is 15.7. The Hall–Kier alpha value is -1.72. The number of benzene rings is 2. The standard InChI is InChI=1S/C16H16BrFN2O/c1-2-19-10-11-4-3-5-13(8-11)20-16(21)14-7-6-12(17)9-15(14)18/h3-9,19H,2,10H2,1H3,(H,20,21). The van der Waals surface area contributed by atoms with Gasteiger partial charge in [0.15, 0.2) is 0 Å². The zero-order valence-electron chi connectivity index (χ0n) is 11.6. The van der Waals surface area contributed by atoms with E-state index in [1.807, 2.05) is 25.1 Å². The molecule has 0 aromatic heterocycles. The zero-order chi connectivity index (χ0) is 15.2. The smallest absolute Gasteiger partial charge is 0.258 e. The quantitative estimate of drug-likeness (QED) is 0.857. The van der Waals surface area contributed by atoms with E-state index in [-0.39, 0.29) is 5.56 Å². The SMILES string of the molecule is CCNCc1cccc(NC(=O)c2ccc(Br)cc2F)c1. The first-order chi connectivity index (χ1) is 10.1. The summed E-state index contributed by atoms with van der Waals surface area (Å²) in [6.45, 7) is 3.63. The fraction of sp³-hybridized carbons (Fsp3) is 0.188. The Morgan fingerprint density at radius 3 is 2.76 bits per heavy atom. The summed E-state index contributed by atoms with van der Waals surface area (Å²) >= 11 is 3.17. The van der Waals surface area contributed by atoms with Crippen LogP contribution >= 0.6 is 15.9 Å². The normalized spacial score (nSPS) is 10.4. The number of anilines is 1. The maximum Gasteiger partial charge on any atom is 0.258 e. The van der Waals surface area contributed by atoms with Gasteiger partial charge in [0, 0.05) is 16.7 Å². The third-order valence-corrected chi connectivity index (χ3v) is 3.43. The summed E-state index contributed by atoms with van der Waals surface area (Å²) in [7, 11) is 0. The first-order valence-corrected chi connectivity index (χ1v) is 7.45. The number of hydrogen-bond donors (Lipinski definition) is 2. The van der Waals surface area contributed by atoms with Crippen molar-refractivity contribution in [3.63, 3.8) is 0 Å². The lowest BCUT2D eigenvalue weighted by molar-refractivity contribution is 0.102. The zero-order valence-corrected chi connectivity index (χ0v) is 13.2. The van der Waals surface area contributed by atoms with Crippen molar-refractivity contribution in [2.45, 2.75) is 13.5 Å². The van der Waals surface area contributed by atoms with Crippen LogP contribution in [-0.4, -0.2) is 12.5 Å². The van der Waals surface area contributed by atoms with Crippen LogP contribution in [0.25, 0.3) is 0 Å². The fourth-order valence-corrected chi connectivity index (χ4v) is 2.23. The Kier molecular flexibility index (Phi) is 5.47. The lowest BCUT2D eigenvalue weighted by atomic mass is 10.1. The van der Waals surface area contributed by atoms with Crippen molar-refractivity contribution in [2.24, 2.45) is 0 Å². The van der Waals surface area contributed by atoms with E-state index in [4.69, 9.17) is 0 Å². The number of halogens is 2. The summed E-state index contributed by atoms with van der Waals surface area (Å²) in [6, 6.07) is 11.9. The van der Waals surface area contributed by atoms with Gasteiger partial charge in [0.2, 0.25) is 0 Å². The van der Waals surface area contributed by atoms with Crippen molar-refractivity contribution < 1.29 is 9.18 Å². The molecule has 0 saturated carbocycles. The maximum atomic E-state index is 13.7. The molecule has 0 bridgehead atoms. The molecule has 2 aromatic rings. The minimum atomic E-state index is -0.550. The van der Waals surface area contributed by atoms with Crippen LogP contribution in [-0.2, 0) is 6.54 Å². The molecule has 1 amide bonds. The molecule has 0 aliphatic rings. The van der Waals surface area contributed by atoms with E-state index in [2.05, 4.69) is 26.6 Å². The molecule has 2 N–H and O–H groups in total. The van der Waals surface area contributed by atoms with Gasteiger partial charge in [0.1, 0.15) is 5.82 Å². The molecule has 0 aliphatic heterocycles. The second-order valence-corrected chi connectivity index (χ2v) is 5.47. The van der Waals surface area contributed by atoms with Gasteiger partial charge < -0.3 is 10.6 Å². The minimum absolute atomic E-state index is 0.0234. The van der Waals surface area contributed by atoms with Gasteiger partial charge in [-0.3, -0.25) is 4.79 Å². The molecule has 0 saturated heterocycles. The van der Waals surface area contributed by atoms with Crippen molar-refractivity contribution in [3.05, 3.63) is 63.9 Å². The van der Waals surface area contributed by atoms with Crippen LogP contribution in [0.5, 0.6) is 0 Å². The summed E-state index contributed by atoms with van der Waals surface area (Å²) in [4.78, 5) is 12.1. The summed E-state index contributed by atoms with van der Waals surface area (Å²) in [5, 5.41) is 5.93.